The summed E-state index contributed by atoms with van der Waals surface area (Å²) in [5, 5.41) is 0. The Bertz CT molecular complexity index is 1310. The zero-order chi connectivity index (χ0) is 30.2. The standard InChI is InChI=1S/C32H32F6N2O2/c1-39(2)30(41)26-18-40-14-13-25(26)29(28(40)27(21-9-5-3-6-10-21)22-11-7-4-8-12-22)42-19-20-15-23(31(33,34)35)17-24(16-20)32(36,37)38/h3-12,15-17,25-29H,13-14,18-19H2,1-2H3/t25-,26-,28+,29+/m1/s1. The van der Waals surface area contributed by atoms with E-state index >= 15 is 0 Å². The third-order valence-electron chi connectivity index (χ3n) is 8.38. The molecule has 2 bridgehead atoms. The van der Waals surface area contributed by atoms with Gasteiger partial charge >= 0.3 is 12.4 Å². The lowest BCUT2D eigenvalue weighted by Gasteiger charge is -2.56. The van der Waals surface area contributed by atoms with Crippen molar-refractivity contribution in [2.24, 2.45) is 11.8 Å². The quantitative estimate of drug-likeness (QED) is 0.282. The van der Waals surface area contributed by atoms with E-state index in [0.717, 1.165) is 11.1 Å². The van der Waals surface area contributed by atoms with Crippen molar-refractivity contribution in [2.45, 2.75) is 43.4 Å². The minimum atomic E-state index is -4.96. The van der Waals surface area contributed by atoms with Crippen LogP contribution >= 0.6 is 0 Å². The van der Waals surface area contributed by atoms with Gasteiger partial charge in [-0.25, -0.2) is 0 Å². The Labute approximate surface area is 240 Å². The molecule has 0 aliphatic carbocycles. The van der Waals surface area contributed by atoms with Gasteiger partial charge in [-0.15, -0.1) is 0 Å². The molecule has 0 radical (unpaired) electrons. The molecule has 3 aliphatic rings. The summed E-state index contributed by atoms with van der Waals surface area (Å²) in [6, 6.07) is 20.8. The van der Waals surface area contributed by atoms with Crippen molar-refractivity contribution in [3.05, 3.63) is 107 Å². The first-order valence-electron chi connectivity index (χ1n) is 13.8. The number of carbonyl (C=O) groups is 1. The van der Waals surface area contributed by atoms with Crippen molar-refractivity contribution in [3.8, 4) is 0 Å². The molecule has 3 aromatic carbocycles. The molecule has 1 amide bonds. The summed E-state index contributed by atoms with van der Waals surface area (Å²) in [6.07, 6.45) is -9.92. The highest BCUT2D eigenvalue weighted by Gasteiger charge is 2.53. The number of halogens is 6. The minimum absolute atomic E-state index is 0.0776. The lowest BCUT2D eigenvalue weighted by molar-refractivity contribution is -0.166. The summed E-state index contributed by atoms with van der Waals surface area (Å²) in [5.41, 5.74) is -0.978. The van der Waals surface area contributed by atoms with E-state index in [-0.39, 0.29) is 35.4 Å². The zero-order valence-electron chi connectivity index (χ0n) is 23.2. The summed E-state index contributed by atoms with van der Waals surface area (Å²) < 4.78 is 87.7. The number of carbonyl (C=O) groups excluding carboxylic acids is 1. The topological polar surface area (TPSA) is 32.8 Å². The first kappa shape index (κ1) is 30.1. The van der Waals surface area contributed by atoms with E-state index in [9.17, 15) is 31.1 Å². The number of hydrogen-bond acceptors (Lipinski definition) is 3. The number of ether oxygens (including phenoxy) is 1. The van der Waals surface area contributed by atoms with Gasteiger partial charge in [0.25, 0.3) is 0 Å². The molecule has 3 aromatic rings. The van der Waals surface area contributed by atoms with Crippen LogP contribution in [0.1, 0.15) is 40.2 Å². The van der Waals surface area contributed by atoms with E-state index in [1.165, 1.54) is 4.90 Å². The second-order valence-corrected chi connectivity index (χ2v) is 11.3. The third kappa shape index (κ3) is 6.20. The number of amides is 1. The van der Waals surface area contributed by atoms with Gasteiger partial charge in [-0.1, -0.05) is 60.7 Å². The average molecular weight is 591 g/mol. The van der Waals surface area contributed by atoms with Crippen LogP contribution in [0.4, 0.5) is 26.3 Å². The number of benzene rings is 3. The fourth-order valence-corrected chi connectivity index (χ4v) is 6.54. The van der Waals surface area contributed by atoms with Gasteiger partial charge in [0, 0.05) is 38.5 Å². The molecule has 6 rings (SSSR count). The van der Waals surface area contributed by atoms with Crippen LogP contribution in [-0.2, 0) is 28.5 Å². The van der Waals surface area contributed by atoms with E-state index in [0.29, 0.717) is 31.6 Å². The van der Waals surface area contributed by atoms with Crippen LogP contribution in [-0.4, -0.2) is 55.0 Å². The van der Waals surface area contributed by atoms with Gasteiger partial charge in [0.2, 0.25) is 5.91 Å². The highest BCUT2D eigenvalue weighted by Crippen LogP contribution is 2.46. The van der Waals surface area contributed by atoms with Gasteiger partial charge in [0.15, 0.2) is 0 Å². The molecule has 10 heteroatoms. The number of hydrogen-bond donors (Lipinski definition) is 0. The number of nitrogens with zero attached hydrogens (tertiary/aromatic N) is 2. The van der Waals surface area contributed by atoms with E-state index in [1.54, 1.807) is 14.1 Å². The smallest absolute Gasteiger partial charge is 0.372 e. The summed E-state index contributed by atoms with van der Waals surface area (Å²) in [5.74, 6) is -0.957. The largest absolute Gasteiger partial charge is 0.416 e. The third-order valence-corrected chi connectivity index (χ3v) is 8.38. The van der Waals surface area contributed by atoms with Gasteiger partial charge in [-0.3, -0.25) is 9.69 Å². The average Bonchev–Trinajstić information content (AvgIpc) is 2.96. The Hall–Kier alpha value is -3.37. The highest BCUT2D eigenvalue weighted by atomic mass is 19.4. The Morgan fingerprint density at radius 1 is 0.881 bits per heavy atom. The number of rotatable bonds is 7. The molecule has 0 saturated carbocycles. The predicted molar refractivity (Wildman–Crippen MR) is 145 cm³/mol. The van der Waals surface area contributed by atoms with Crippen LogP contribution in [0.3, 0.4) is 0 Å². The maximum atomic E-state index is 13.6. The van der Waals surface area contributed by atoms with Crippen molar-refractivity contribution in [1.29, 1.82) is 0 Å². The van der Waals surface area contributed by atoms with Crippen molar-refractivity contribution in [2.75, 3.05) is 27.2 Å². The molecule has 3 fully saturated rings. The van der Waals surface area contributed by atoms with Crippen molar-refractivity contribution < 1.29 is 35.9 Å². The lowest BCUT2D eigenvalue weighted by Crippen LogP contribution is -2.66. The summed E-state index contributed by atoms with van der Waals surface area (Å²) >= 11 is 0. The normalized spacial score (nSPS) is 24.2. The first-order chi connectivity index (χ1) is 19.8. The first-order valence-corrected chi connectivity index (χ1v) is 13.8. The van der Waals surface area contributed by atoms with Crippen molar-refractivity contribution in [3.63, 3.8) is 0 Å². The Balaban J connectivity index is 1.56. The fourth-order valence-electron chi connectivity index (χ4n) is 6.54. The van der Waals surface area contributed by atoms with Gasteiger partial charge < -0.3 is 9.64 Å². The summed E-state index contributed by atoms with van der Waals surface area (Å²) in [7, 11) is 3.34. The van der Waals surface area contributed by atoms with E-state index in [1.807, 2.05) is 60.7 Å². The molecule has 3 heterocycles. The molecule has 42 heavy (non-hydrogen) atoms. The van der Waals surface area contributed by atoms with E-state index in [2.05, 4.69) is 4.90 Å². The SMILES string of the molecule is CN(C)C(=O)[C@@H]1CN2CC[C@H]1[C@H](OCc1cc(C(F)(F)F)cc(C(F)(F)F)c1)[C@@H]2C(c1ccccc1)c1ccccc1. The summed E-state index contributed by atoms with van der Waals surface area (Å²) in [6.45, 7) is 0.728. The zero-order valence-corrected chi connectivity index (χ0v) is 23.2. The second kappa shape index (κ2) is 11.7. The fraction of sp³-hybridized carbons (Fsp3) is 0.406. The monoisotopic (exact) mass is 590 g/mol. The Kier molecular flexibility index (Phi) is 8.40. The maximum Gasteiger partial charge on any atom is 0.416 e. The van der Waals surface area contributed by atoms with Gasteiger partial charge in [0.05, 0.1) is 29.8 Å². The molecule has 3 saturated heterocycles. The van der Waals surface area contributed by atoms with Gasteiger partial charge in [0.1, 0.15) is 0 Å². The van der Waals surface area contributed by atoms with Crippen LogP contribution in [0.25, 0.3) is 0 Å². The molecular formula is C32H32F6N2O2. The number of piperidine rings is 3. The van der Waals surface area contributed by atoms with Crippen molar-refractivity contribution in [1.82, 2.24) is 9.80 Å². The van der Waals surface area contributed by atoms with Crippen LogP contribution in [0.2, 0.25) is 0 Å². The van der Waals surface area contributed by atoms with Crippen LogP contribution < -0.4 is 0 Å². The van der Waals surface area contributed by atoms with Crippen LogP contribution in [0.5, 0.6) is 0 Å². The molecule has 3 aliphatic heterocycles. The van der Waals surface area contributed by atoms with E-state index in [4.69, 9.17) is 4.74 Å². The van der Waals surface area contributed by atoms with Gasteiger partial charge in [-0.05, 0) is 47.9 Å². The molecule has 0 aromatic heterocycles. The molecule has 0 spiro atoms. The van der Waals surface area contributed by atoms with Crippen LogP contribution in [0, 0.1) is 11.8 Å². The maximum absolute atomic E-state index is 13.6. The molecule has 0 N–H and O–H groups in total. The Morgan fingerprint density at radius 2 is 1.40 bits per heavy atom. The van der Waals surface area contributed by atoms with Crippen molar-refractivity contribution >= 4 is 5.91 Å². The number of alkyl halides is 6. The molecule has 4 nitrogen and oxygen atoms in total. The molecule has 1 unspecified atom stereocenters. The predicted octanol–water partition coefficient (Wildman–Crippen LogP) is 6.85. The Morgan fingerprint density at radius 3 is 1.88 bits per heavy atom. The minimum Gasteiger partial charge on any atom is -0.372 e. The molecule has 224 valence electrons. The lowest BCUT2D eigenvalue weighted by atomic mass is 9.67. The molecule has 5 atom stereocenters. The highest BCUT2D eigenvalue weighted by molar-refractivity contribution is 5.79. The van der Waals surface area contributed by atoms with Gasteiger partial charge in [-0.2, -0.15) is 26.3 Å². The number of fused-ring (bicyclic) bond motifs is 3. The second-order valence-electron chi connectivity index (χ2n) is 11.3. The molecular weight excluding hydrogens is 558 g/mol. The van der Waals surface area contributed by atoms with E-state index < -0.39 is 42.1 Å². The summed E-state index contributed by atoms with van der Waals surface area (Å²) in [4.78, 5) is 17.0. The van der Waals surface area contributed by atoms with Crippen LogP contribution in [0.15, 0.2) is 78.9 Å².